The minimum atomic E-state index is 0.820. The van der Waals surface area contributed by atoms with Crippen LogP contribution < -0.4 is 0 Å². The fourth-order valence-corrected chi connectivity index (χ4v) is 8.49. The average molecular weight is 715 g/mol. The van der Waals surface area contributed by atoms with Crippen LogP contribution in [0, 0.1) is 26.2 Å². The molecule has 0 nitrogen and oxygen atoms in total. The maximum absolute atomic E-state index is 6.36. The second kappa shape index (κ2) is 15.1. The van der Waals surface area contributed by atoms with Crippen LogP contribution in [0.1, 0.15) is 39.8 Å². The minimum absolute atomic E-state index is 0.820. The van der Waals surface area contributed by atoms with Crippen LogP contribution in [-0.2, 0) is 6.42 Å². The molecule has 0 N–H and O–H groups in total. The number of aryl methyl sites for hydroxylation is 2. The van der Waals surface area contributed by atoms with E-state index in [2.05, 4.69) is 208 Å². The molecule has 56 heavy (non-hydrogen) atoms. The van der Waals surface area contributed by atoms with E-state index in [-0.39, 0.29) is 0 Å². The van der Waals surface area contributed by atoms with Gasteiger partial charge < -0.3 is 0 Å². The van der Waals surface area contributed by atoms with Gasteiger partial charge in [0.05, 0.1) is 0 Å². The third kappa shape index (κ3) is 6.59. The SMILES string of the molecule is C#C/C(=C\C=C/Cc1ccc(-c2cc3ccccc3cc2C)c(C)c1)c1c2ccccc2c(C2=CCC=CC(c3ccc4ccccc4c3)=C2)c2ccccc12. The van der Waals surface area contributed by atoms with Crippen molar-refractivity contribution in [2.75, 3.05) is 0 Å². The maximum Gasteiger partial charge on any atom is 0.0327 e. The Morgan fingerprint density at radius 2 is 1.23 bits per heavy atom. The fraction of sp³-hybridized carbons (Fsp3) is 0.0714. The van der Waals surface area contributed by atoms with Gasteiger partial charge in [0, 0.05) is 11.1 Å². The van der Waals surface area contributed by atoms with E-state index >= 15 is 0 Å². The lowest BCUT2D eigenvalue weighted by Gasteiger charge is -2.18. The van der Waals surface area contributed by atoms with Gasteiger partial charge in [0.2, 0.25) is 0 Å². The van der Waals surface area contributed by atoms with Gasteiger partial charge in [-0.25, -0.2) is 0 Å². The molecule has 0 spiro atoms. The van der Waals surface area contributed by atoms with Gasteiger partial charge in [0.15, 0.2) is 0 Å². The Kier molecular flexibility index (Phi) is 9.36. The number of allylic oxidation sites excluding steroid dienone is 10. The molecule has 0 unspecified atom stereocenters. The molecule has 0 atom stereocenters. The van der Waals surface area contributed by atoms with Crippen molar-refractivity contribution in [3.05, 3.63) is 222 Å². The van der Waals surface area contributed by atoms with Crippen molar-refractivity contribution < 1.29 is 0 Å². The summed E-state index contributed by atoms with van der Waals surface area (Å²) in [5.41, 5.74) is 13.3. The normalized spacial score (nSPS) is 13.3. The molecule has 0 saturated carbocycles. The summed E-state index contributed by atoms with van der Waals surface area (Å²) < 4.78 is 0. The number of hydrogen-bond acceptors (Lipinski definition) is 0. The molecule has 8 aromatic carbocycles. The van der Waals surface area contributed by atoms with E-state index in [4.69, 9.17) is 6.42 Å². The van der Waals surface area contributed by atoms with Gasteiger partial charge in [0.25, 0.3) is 0 Å². The van der Waals surface area contributed by atoms with E-state index < -0.39 is 0 Å². The first-order valence-electron chi connectivity index (χ1n) is 19.5. The Labute approximate surface area is 330 Å². The van der Waals surface area contributed by atoms with Crippen molar-refractivity contribution in [3.63, 3.8) is 0 Å². The second-order valence-corrected chi connectivity index (χ2v) is 14.8. The van der Waals surface area contributed by atoms with Crippen LogP contribution in [0.3, 0.4) is 0 Å². The van der Waals surface area contributed by atoms with Crippen LogP contribution in [0.5, 0.6) is 0 Å². The summed E-state index contributed by atoms with van der Waals surface area (Å²) in [4.78, 5) is 0. The molecule has 0 aliphatic heterocycles. The molecule has 0 amide bonds. The van der Waals surface area contributed by atoms with Gasteiger partial charge in [-0.15, -0.1) is 6.42 Å². The second-order valence-electron chi connectivity index (χ2n) is 14.8. The van der Waals surface area contributed by atoms with E-state index in [1.807, 2.05) is 0 Å². The third-order valence-corrected chi connectivity index (χ3v) is 11.2. The first-order valence-corrected chi connectivity index (χ1v) is 19.5. The molecule has 0 heteroatoms. The van der Waals surface area contributed by atoms with E-state index in [1.165, 1.54) is 82.4 Å². The lowest BCUT2D eigenvalue weighted by atomic mass is 9.85. The number of terminal acetylenes is 1. The lowest BCUT2D eigenvalue weighted by Crippen LogP contribution is -1.95. The molecule has 0 fully saturated rings. The summed E-state index contributed by atoms with van der Waals surface area (Å²) in [7, 11) is 0. The molecule has 8 aromatic rings. The molecule has 0 radical (unpaired) electrons. The third-order valence-electron chi connectivity index (χ3n) is 11.2. The van der Waals surface area contributed by atoms with Crippen molar-refractivity contribution in [3.8, 4) is 23.5 Å². The van der Waals surface area contributed by atoms with Gasteiger partial charge in [-0.1, -0.05) is 170 Å². The number of benzene rings is 8. The molecule has 1 aliphatic rings. The summed E-state index contributed by atoms with van der Waals surface area (Å²) in [6.45, 7) is 4.43. The van der Waals surface area contributed by atoms with Gasteiger partial charge in [-0.05, 0) is 144 Å². The van der Waals surface area contributed by atoms with E-state index in [0.717, 1.165) is 34.8 Å². The Morgan fingerprint density at radius 3 is 1.93 bits per heavy atom. The van der Waals surface area contributed by atoms with Crippen LogP contribution in [0.15, 0.2) is 188 Å². The van der Waals surface area contributed by atoms with Gasteiger partial charge in [-0.2, -0.15) is 0 Å². The highest BCUT2D eigenvalue weighted by molar-refractivity contribution is 6.18. The summed E-state index contributed by atoms with van der Waals surface area (Å²) in [6, 6.07) is 52.8. The Hall–Kier alpha value is -6.94. The highest BCUT2D eigenvalue weighted by Crippen LogP contribution is 2.42. The van der Waals surface area contributed by atoms with Crippen molar-refractivity contribution >= 4 is 59.8 Å². The molecular formula is C56H42. The summed E-state index contributed by atoms with van der Waals surface area (Å²) in [5, 5.41) is 9.77. The van der Waals surface area contributed by atoms with Crippen LogP contribution in [0.2, 0.25) is 0 Å². The van der Waals surface area contributed by atoms with Crippen LogP contribution in [0.4, 0.5) is 0 Å². The van der Waals surface area contributed by atoms with E-state index in [9.17, 15) is 0 Å². The minimum Gasteiger partial charge on any atom is -0.115 e. The Bertz CT molecular complexity index is 2980. The zero-order valence-corrected chi connectivity index (χ0v) is 31.9. The predicted molar refractivity (Wildman–Crippen MR) is 244 cm³/mol. The zero-order valence-electron chi connectivity index (χ0n) is 31.9. The monoisotopic (exact) mass is 714 g/mol. The maximum atomic E-state index is 6.36. The smallest absolute Gasteiger partial charge is 0.0327 e. The molecule has 9 rings (SSSR count). The largest absolute Gasteiger partial charge is 0.115 e. The fourth-order valence-electron chi connectivity index (χ4n) is 8.49. The number of hydrogen-bond donors (Lipinski definition) is 0. The van der Waals surface area contributed by atoms with Crippen LogP contribution in [0.25, 0.3) is 70.9 Å². The van der Waals surface area contributed by atoms with E-state index in [0.29, 0.717) is 0 Å². The number of rotatable bonds is 7. The lowest BCUT2D eigenvalue weighted by molar-refractivity contribution is 1.25. The standard InChI is InChI=1S/C56H42/c1-4-41(18-6-5-17-40-29-32-49(38(2)33-40)54-37-46-23-10-9-20-43(46)34-39(54)3)55-50-25-13-15-27-52(50)56(53-28-16-14-26-51(53)55)48-24-12-11-22-45(36-48)47-31-30-42-19-7-8-21-44(42)35-47/h1,5-11,13-16,18-37H,12,17H2,2-3H3/b6-5-,41-18+. The van der Waals surface area contributed by atoms with Crippen LogP contribution in [-0.4, -0.2) is 0 Å². The highest BCUT2D eigenvalue weighted by atomic mass is 14.2. The molecule has 0 bridgehead atoms. The quantitative estimate of drug-likeness (QED) is 0.0876. The first kappa shape index (κ1) is 34.8. The predicted octanol–water partition coefficient (Wildman–Crippen LogP) is 14.8. The summed E-state index contributed by atoms with van der Waals surface area (Å²) in [5.74, 6) is 3.08. The zero-order chi connectivity index (χ0) is 38.0. The van der Waals surface area contributed by atoms with Gasteiger partial charge >= 0.3 is 0 Å². The van der Waals surface area contributed by atoms with Crippen molar-refractivity contribution in [2.24, 2.45) is 0 Å². The molecule has 0 aromatic heterocycles. The molecule has 266 valence electrons. The van der Waals surface area contributed by atoms with Gasteiger partial charge in [0.1, 0.15) is 0 Å². The van der Waals surface area contributed by atoms with Crippen molar-refractivity contribution in [1.29, 1.82) is 0 Å². The van der Waals surface area contributed by atoms with Crippen LogP contribution >= 0.6 is 0 Å². The highest BCUT2D eigenvalue weighted by Gasteiger charge is 2.18. The summed E-state index contributed by atoms with van der Waals surface area (Å²) in [6.07, 6.45) is 23.7. The topological polar surface area (TPSA) is 0 Å². The van der Waals surface area contributed by atoms with Gasteiger partial charge in [-0.3, -0.25) is 0 Å². The first-order chi connectivity index (χ1) is 27.6. The molecular weight excluding hydrogens is 673 g/mol. The molecule has 1 aliphatic carbocycles. The molecule has 0 saturated heterocycles. The number of fused-ring (bicyclic) bond motifs is 4. The Balaban J connectivity index is 1.06. The Morgan fingerprint density at radius 1 is 0.607 bits per heavy atom. The summed E-state index contributed by atoms with van der Waals surface area (Å²) >= 11 is 0. The average Bonchev–Trinajstić information content (AvgIpc) is 3.49. The molecule has 0 heterocycles. The van der Waals surface area contributed by atoms with Crippen molar-refractivity contribution in [1.82, 2.24) is 0 Å². The van der Waals surface area contributed by atoms with E-state index in [1.54, 1.807) is 0 Å². The van der Waals surface area contributed by atoms with Crippen molar-refractivity contribution in [2.45, 2.75) is 26.7 Å².